The molecule has 0 spiro atoms. The van der Waals surface area contributed by atoms with Crippen molar-refractivity contribution in [2.75, 3.05) is 0 Å². The number of pyridine rings is 1. The fraction of sp³-hybridized carbons (Fsp3) is 0.0625. The molecule has 3 rings (SSSR count). The van der Waals surface area contributed by atoms with Crippen LogP contribution in [0.3, 0.4) is 0 Å². The molecule has 1 heterocycles. The smallest absolute Gasteiger partial charge is 0.258 e. The highest BCUT2D eigenvalue weighted by Gasteiger charge is 2.07. The maximum Gasteiger partial charge on any atom is 0.258 e. The van der Waals surface area contributed by atoms with Gasteiger partial charge in [-0.1, -0.05) is 36.4 Å². The van der Waals surface area contributed by atoms with Gasteiger partial charge < -0.3 is 4.57 Å². The zero-order chi connectivity index (χ0) is 13.9. The van der Waals surface area contributed by atoms with Gasteiger partial charge in [0, 0.05) is 17.0 Å². The van der Waals surface area contributed by atoms with E-state index in [0.29, 0.717) is 23.0 Å². The van der Waals surface area contributed by atoms with E-state index in [-0.39, 0.29) is 5.56 Å². The lowest BCUT2D eigenvalue weighted by molar-refractivity contribution is 0.768. The standard InChI is InChI=1S/C16H12N2O2/c19-16-14-7-4-8-15(17-20)13(14)9-10-18(16)11-12-5-2-1-3-6-12/h1-10H,11H2. The molecule has 0 aliphatic heterocycles. The lowest BCUT2D eigenvalue weighted by Gasteiger charge is -2.07. The van der Waals surface area contributed by atoms with Crippen molar-refractivity contribution in [3.8, 4) is 0 Å². The molecule has 2 aromatic carbocycles. The van der Waals surface area contributed by atoms with Crippen molar-refractivity contribution >= 4 is 16.5 Å². The van der Waals surface area contributed by atoms with Crippen LogP contribution in [0.2, 0.25) is 0 Å². The summed E-state index contributed by atoms with van der Waals surface area (Å²) in [7, 11) is 0. The van der Waals surface area contributed by atoms with Gasteiger partial charge in [0.2, 0.25) is 0 Å². The number of benzene rings is 2. The molecule has 98 valence electrons. The second-order valence-electron chi connectivity index (χ2n) is 4.56. The summed E-state index contributed by atoms with van der Waals surface area (Å²) >= 11 is 0. The van der Waals surface area contributed by atoms with Gasteiger partial charge in [0.1, 0.15) is 5.69 Å². The third kappa shape index (κ3) is 2.12. The number of nitroso groups, excluding NO2 is 1. The van der Waals surface area contributed by atoms with Crippen LogP contribution in [0.5, 0.6) is 0 Å². The maximum atomic E-state index is 12.4. The SMILES string of the molecule is O=Nc1cccc2c(=O)n(Cc3ccccc3)ccc12. The molecule has 0 saturated heterocycles. The fourth-order valence-corrected chi connectivity index (χ4v) is 2.29. The van der Waals surface area contributed by atoms with Crippen molar-refractivity contribution in [2.45, 2.75) is 6.54 Å². The van der Waals surface area contributed by atoms with Crippen LogP contribution in [0, 0.1) is 4.91 Å². The number of fused-ring (bicyclic) bond motifs is 1. The van der Waals surface area contributed by atoms with Crippen LogP contribution in [0.25, 0.3) is 10.8 Å². The molecular weight excluding hydrogens is 252 g/mol. The Labute approximate surface area is 115 Å². The van der Waals surface area contributed by atoms with Crippen LogP contribution >= 0.6 is 0 Å². The van der Waals surface area contributed by atoms with E-state index in [9.17, 15) is 9.70 Å². The van der Waals surface area contributed by atoms with Crippen LogP contribution < -0.4 is 5.56 Å². The van der Waals surface area contributed by atoms with E-state index in [1.165, 1.54) is 0 Å². The topological polar surface area (TPSA) is 51.4 Å². The molecule has 20 heavy (non-hydrogen) atoms. The van der Waals surface area contributed by atoms with Crippen molar-refractivity contribution in [1.29, 1.82) is 0 Å². The van der Waals surface area contributed by atoms with Crippen molar-refractivity contribution in [3.05, 3.63) is 81.6 Å². The first kappa shape index (κ1) is 12.3. The summed E-state index contributed by atoms with van der Waals surface area (Å²) in [5, 5.41) is 4.06. The van der Waals surface area contributed by atoms with Gasteiger partial charge >= 0.3 is 0 Å². The molecule has 0 aliphatic carbocycles. The molecule has 3 aromatic rings. The molecule has 0 saturated carbocycles. The third-order valence-electron chi connectivity index (χ3n) is 3.29. The number of rotatable bonds is 3. The van der Waals surface area contributed by atoms with Crippen molar-refractivity contribution < 1.29 is 0 Å². The monoisotopic (exact) mass is 264 g/mol. The Hall–Kier alpha value is -2.75. The molecule has 1 aromatic heterocycles. The van der Waals surface area contributed by atoms with Gasteiger partial charge in [-0.2, -0.15) is 0 Å². The molecule has 0 bridgehead atoms. The van der Waals surface area contributed by atoms with Crippen LogP contribution in [0.4, 0.5) is 5.69 Å². The van der Waals surface area contributed by atoms with Gasteiger partial charge in [-0.05, 0) is 28.9 Å². The van der Waals surface area contributed by atoms with E-state index in [1.807, 2.05) is 30.3 Å². The molecular formula is C16H12N2O2. The Kier molecular flexibility index (Phi) is 3.13. The minimum atomic E-state index is -0.114. The van der Waals surface area contributed by atoms with Gasteiger partial charge in [-0.15, -0.1) is 4.91 Å². The molecule has 0 amide bonds. The van der Waals surface area contributed by atoms with E-state index in [0.717, 1.165) is 5.56 Å². The van der Waals surface area contributed by atoms with Crippen LogP contribution in [-0.2, 0) is 6.54 Å². The molecule has 4 nitrogen and oxygen atoms in total. The molecule has 0 aliphatic rings. The second-order valence-corrected chi connectivity index (χ2v) is 4.56. The fourth-order valence-electron chi connectivity index (χ4n) is 2.29. The maximum absolute atomic E-state index is 12.4. The first-order valence-electron chi connectivity index (χ1n) is 6.29. The summed E-state index contributed by atoms with van der Waals surface area (Å²) in [6.07, 6.45) is 1.70. The normalized spacial score (nSPS) is 10.6. The Morgan fingerprint density at radius 1 is 0.900 bits per heavy atom. The summed E-state index contributed by atoms with van der Waals surface area (Å²) in [6.45, 7) is 0.508. The van der Waals surface area contributed by atoms with Crippen LogP contribution in [0.1, 0.15) is 5.56 Å². The zero-order valence-electron chi connectivity index (χ0n) is 10.7. The summed E-state index contributed by atoms with van der Waals surface area (Å²) in [5.74, 6) is 0. The first-order valence-corrected chi connectivity index (χ1v) is 6.29. The van der Waals surface area contributed by atoms with Gasteiger partial charge in [0.25, 0.3) is 5.56 Å². The number of nitrogens with zero attached hydrogens (tertiary/aromatic N) is 2. The van der Waals surface area contributed by atoms with Crippen molar-refractivity contribution in [2.24, 2.45) is 5.18 Å². The molecule has 0 unspecified atom stereocenters. The molecule has 0 atom stereocenters. The summed E-state index contributed by atoms with van der Waals surface area (Å²) < 4.78 is 1.63. The van der Waals surface area contributed by atoms with E-state index in [2.05, 4.69) is 5.18 Å². The van der Waals surface area contributed by atoms with Gasteiger partial charge in [-0.3, -0.25) is 4.79 Å². The quantitative estimate of drug-likeness (QED) is 0.680. The molecule has 0 N–H and O–H groups in total. The number of aromatic nitrogens is 1. The van der Waals surface area contributed by atoms with E-state index < -0.39 is 0 Å². The van der Waals surface area contributed by atoms with Crippen LogP contribution in [0.15, 0.2) is 70.8 Å². The van der Waals surface area contributed by atoms with Gasteiger partial charge in [0.05, 0.1) is 6.54 Å². The average molecular weight is 264 g/mol. The minimum absolute atomic E-state index is 0.114. The predicted octanol–water partition coefficient (Wildman–Crippen LogP) is 3.45. The molecule has 0 fully saturated rings. The second kappa shape index (κ2) is 5.09. The number of hydrogen-bond donors (Lipinski definition) is 0. The predicted molar refractivity (Wildman–Crippen MR) is 79.2 cm³/mol. The Balaban J connectivity index is 2.13. The van der Waals surface area contributed by atoms with Crippen LogP contribution in [-0.4, -0.2) is 4.57 Å². The lowest BCUT2D eigenvalue weighted by Crippen LogP contribution is -2.19. The Morgan fingerprint density at radius 2 is 1.70 bits per heavy atom. The van der Waals surface area contributed by atoms with E-state index in [1.54, 1.807) is 35.0 Å². The summed E-state index contributed by atoms with van der Waals surface area (Å²) in [4.78, 5) is 23.2. The van der Waals surface area contributed by atoms with E-state index >= 15 is 0 Å². The van der Waals surface area contributed by atoms with Gasteiger partial charge in [-0.25, -0.2) is 0 Å². The first-order chi connectivity index (χ1) is 9.79. The zero-order valence-corrected chi connectivity index (χ0v) is 10.7. The highest BCUT2D eigenvalue weighted by Crippen LogP contribution is 2.23. The van der Waals surface area contributed by atoms with Gasteiger partial charge in [0.15, 0.2) is 0 Å². The largest absolute Gasteiger partial charge is 0.311 e. The summed E-state index contributed by atoms with van der Waals surface area (Å²) in [6, 6.07) is 16.5. The Bertz CT molecular complexity index is 823. The highest BCUT2D eigenvalue weighted by molar-refractivity contribution is 5.91. The average Bonchev–Trinajstić information content (AvgIpc) is 2.51. The van der Waals surface area contributed by atoms with Crippen molar-refractivity contribution in [3.63, 3.8) is 0 Å². The minimum Gasteiger partial charge on any atom is -0.311 e. The molecule has 0 radical (unpaired) electrons. The third-order valence-corrected chi connectivity index (χ3v) is 3.29. The number of hydrogen-bond acceptors (Lipinski definition) is 3. The highest BCUT2D eigenvalue weighted by atomic mass is 16.3. The molecule has 4 heteroatoms. The lowest BCUT2D eigenvalue weighted by atomic mass is 10.1. The van der Waals surface area contributed by atoms with E-state index in [4.69, 9.17) is 0 Å². The van der Waals surface area contributed by atoms with Crippen molar-refractivity contribution in [1.82, 2.24) is 4.57 Å². The Morgan fingerprint density at radius 3 is 2.45 bits per heavy atom. The summed E-state index contributed by atoms with van der Waals surface area (Å²) in [5.41, 5.74) is 1.24.